The Labute approximate surface area is 211 Å². The predicted octanol–water partition coefficient (Wildman–Crippen LogP) is 3.20. The van der Waals surface area contributed by atoms with E-state index in [1.54, 1.807) is 43.3 Å². The molecule has 4 N–H and O–H groups in total. The van der Waals surface area contributed by atoms with Gasteiger partial charge in [0.1, 0.15) is 17.3 Å². The van der Waals surface area contributed by atoms with Gasteiger partial charge in [-0.05, 0) is 61.0 Å². The fourth-order valence-corrected chi connectivity index (χ4v) is 5.31. The van der Waals surface area contributed by atoms with Crippen LogP contribution in [0.4, 0.5) is 11.5 Å². The Morgan fingerprint density at radius 2 is 1.54 bits per heavy atom. The number of carbonyl (C=O) groups is 2. The summed E-state index contributed by atoms with van der Waals surface area (Å²) in [5.41, 5.74) is 5.98. The highest BCUT2D eigenvalue weighted by Gasteiger charge is 2.32. The molecule has 37 heavy (non-hydrogen) atoms. The molecule has 1 aromatic heterocycles. The van der Waals surface area contributed by atoms with Gasteiger partial charge in [-0.25, -0.2) is 8.42 Å². The molecule has 2 amide bonds. The number of nitrogens with zero attached hydrogens (tertiary/aromatic N) is 1. The molecule has 1 aliphatic rings. The highest BCUT2D eigenvalue weighted by atomic mass is 32.2. The molecule has 1 aliphatic heterocycles. The number of nitrogen functional groups attached to an aromatic ring is 1. The van der Waals surface area contributed by atoms with Gasteiger partial charge in [-0.1, -0.05) is 24.3 Å². The minimum atomic E-state index is -4.08. The van der Waals surface area contributed by atoms with E-state index in [2.05, 4.69) is 10.0 Å². The zero-order valence-electron chi connectivity index (χ0n) is 19.4. The molecule has 5 rings (SSSR count). The topological polar surface area (TPSA) is 150 Å². The number of amides is 2. The summed E-state index contributed by atoms with van der Waals surface area (Å²) in [6.07, 6.45) is 0. The van der Waals surface area contributed by atoms with Gasteiger partial charge >= 0.3 is 0 Å². The van der Waals surface area contributed by atoms with Crippen molar-refractivity contribution in [2.45, 2.75) is 11.8 Å². The molecule has 2 heterocycles. The number of rotatable bonds is 6. The number of nitrogens with one attached hydrogen (secondary N) is 2. The number of imide groups is 1. The van der Waals surface area contributed by atoms with Crippen LogP contribution in [0, 0.1) is 6.92 Å². The Morgan fingerprint density at radius 1 is 0.865 bits per heavy atom. The third-order valence-corrected chi connectivity index (χ3v) is 7.28. The van der Waals surface area contributed by atoms with Crippen LogP contribution < -0.4 is 26.1 Å². The summed E-state index contributed by atoms with van der Waals surface area (Å²) < 4.78 is 35.8. The summed E-state index contributed by atoms with van der Waals surface area (Å²) in [6, 6.07) is 20.8. The Hall–Kier alpha value is -4.90. The van der Waals surface area contributed by atoms with Crippen molar-refractivity contribution < 1.29 is 22.7 Å². The number of nitrogens with two attached hydrogens (primary N) is 1. The summed E-state index contributed by atoms with van der Waals surface area (Å²) in [7, 11) is -4.08. The van der Waals surface area contributed by atoms with Crippen LogP contribution in [0.5, 0.6) is 11.5 Å². The molecule has 0 saturated carbocycles. The first-order valence-corrected chi connectivity index (χ1v) is 12.5. The number of fused-ring (bicyclic) bond motifs is 1. The van der Waals surface area contributed by atoms with Crippen molar-refractivity contribution >= 4 is 33.3 Å². The molecule has 4 aromatic rings. The first kappa shape index (κ1) is 23.8. The van der Waals surface area contributed by atoms with E-state index >= 15 is 0 Å². The lowest BCUT2D eigenvalue weighted by Gasteiger charge is -2.15. The van der Waals surface area contributed by atoms with Crippen LogP contribution in [-0.2, 0) is 10.0 Å². The first-order valence-electron chi connectivity index (χ1n) is 11.0. The number of para-hydroxylation sites is 1. The van der Waals surface area contributed by atoms with Crippen molar-refractivity contribution in [2.24, 2.45) is 0 Å². The van der Waals surface area contributed by atoms with Crippen molar-refractivity contribution in [1.82, 2.24) is 9.88 Å². The quantitative estimate of drug-likeness (QED) is 0.333. The van der Waals surface area contributed by atoms with Crippen LogP contribution in [-0.4, -0.2) is 24.8 Å². The lowest BCUT2D eigenvalue weighted by molar-refractivity contribution is 0.0880. The lowest BCUT2D eigenvalue weighted by Crippen LogP contribution is -2.24. The highest BCUT2D eigenvalue weighted by molar-refractivity contribution is 7.92. The number of aromatic nitrogens is 1. The molecule has 0 spiro atoms. The summed E-state index contributed by atoms with van der Waals surface area (Å²) in [5, 5.41) is 2.09. The van der Waals surface area contributed by atoms with Gasteiger partial charge in [0, 0.05) is 11.8 Å². The van der Waals surface area contributed by atoms with Gasteiger partial charge in [0.2, 0.25) is 0 Å². The third kappa shape index (κ3) is 4.43. The Balaban J connectivity index is 1.46. The van der Waals surface area contributed by atoms with Gasteiger partial charge in [-0.15, -0.1) is 0 Å². The number of sulfonamides is 1. The van der Waals surface area contributed by atoms with Crippen molar-refractivity contribution in [1.29, 1.82) is 0 Å². The van der Waals surface area contributed by atoms with E-state index in [0.29, 0.717) is 22.7 Å². The molecule has 0 bridgehead atoms. The van der Waals surface area contributed by atoms with Crippen LogP contribution in [0.3, 0.4) is 0 Å². The molecular weight excluding hydrogens is 496 g/mol. The maximum Gasteiger partial charge on any atom is 0.262 e. The zero-order chi connectivity index (χ0) is 26.3. The minimum Gasteiger partial charge on any atom is -0.457 e. The summed E-state index contributed by atoms with van der Waals surface area (Å²) in [6.45, 7) is 1.61. The van der Waals surface area contributed by atoms with Gasteiger partial charge in [0.05, 0.1) is 21.7 Å². The zero-order valence-corrected chi connectivity index (χ0v) is 20.2. The van der Waals surface area contributed by atoms with E-state index in [0.717, 1.165) is 10.6 Å². The van der Waals surface area contributed by atoms with E-state index in [-0.39, 0.29) is 27.5 Å². The summed E-state index contributed by atoms with van der Waals surface area (Å²) >= 11 is 0. The molecule has 0 saturated heterocycles. The molecule has 0 fully saturated rings. The Bertz CT molecular complexity index is 1730. The number of hydrogen-bond acceptors (Lipinski definition) is 7. The van der Waals surface area contributed by atoms with Gasteiger partial charge in [0.25, 0.3) is 27.4 Å². The van der Waals surface area contributed by atoms with Crippen LogP contribution in [0.25, 0.3) is 5.69 Å². The molecular formula is C26H20N4O6S. The second-order valence-corrected chi connectivity index (χ2v) is 9.92. The van der Waals surface area contributed by atoms with Crippen molar-refractivity contribution in [3.63, 3.8) is 0 Å². The van der Waals surface area contributed by atoms with Crippen molar-refractivity contribution in [3.8, 4) is 17.2 Å². The molecule has 0 atom stereocenters. The maximum atomic E-state index is 13.3. The van der Waals surface area contributed by atoms with Gasteiger partial charge in [-0.2, -0.15) is 0 Å². The van der Waals surface area contributed by atoms with E-state index < -0.39 is 27.4 Å². The number of aryl methyl sites for hydroxylation is 1. The highest BCUT2D eigenvalue weighted by Crippen LogP contribution is 2.28. The van der Waals surface area contributed by atoms with Gasteiger partial charge in [-0.3, -0.25) is 29.0 Å². The molecule has 10 nitrogen and oxygen atoms in total. The maximum absolute atomic E-state index is 13.3. The number of ether oxygens (including phenoxy) is 1. The molecule has 11 heteroatoms. The minimum absolute atomic E-state index is 0.0954. The average molecular weight is 517 g/mol. The lowest BCUT2D eigenvalue weighted by atomic mass is 10.1. The van der Waals surface area contributed by atoms with Gasteiger partial charge in [0.15, 0.2) is 0 Å². The predicted molar refractivity (Wildman–Crippen MR) is 137 cm³/mol. The van der Waals surface area contributed by atoms with E-state index in [1.807, 2.05) is 18.2 Å². The average Bonchev–Trinajstić information content (AvgIpc) is 3.14. The molecule has 0 aliphatic carbocycles. The second kappa shape index (κ2) is 8.95. The fraction of sp³-hybridized carbons (Fsp3) is 0.0385. The summed E-state index contributed by atoms with van der Waals surface area (Å²) in [5.74, 6) is -0.535. The number of pyridine rings is 1. The Morgan fingerprint density at radius 3 is 2.24 bits per heavy atom. The Kier molecular flexibility index (Phi) is 5.76. The number of hydrogen-bond donors (Lipinski definition) is 3. The van der Waals surface area contributed by atoms with Gasteiger partial charge < -0.3 is 10.5 Å². The largest absolute Gasteiger partial charge is 0.457 e. The molecule has 186 valence electrons. The smallest absolute Gasteiger partial charge is 0.262 e. The van der Waals surface area contributed by atoms with Crippen molar-refractivity contribution in [3.05, 3.63) is 106 Å². The molecule has 0 unspecified atom stereocenters. The number of carbonyl (C=O) groups excluding carboxylic acids is 2. The summed E-state index contributed by atoms with van der Waals surface area (Å²) in [4.78, 5) is 36.7. The standard InChI is InChI=1S/C26H20N4O6S/c1-15-7-10-17(30-22(31)14-20-23(24(30)27)26(33)28-25(20)32)13-21(15)37(34,35)29-16-8-11-19(12-9-16)36-18-5-3-2-4-6-18/h2-14,29H,27H2,1H3,(H,28,32,33). The second-order valence-electron chi connectivity index (χ2n) is 8.27. The van der Waals surface area contributed by atoms with Crippen molar-refractivity contribution in [2.75, 3.05) is 10.5 Å². The fourth-order valence-electron chi connectivity index (χ4n) is 3.99. The van der Waals surface area contributed by atoms with E-state index in [1.165, 1.54) is 18.2 Å². The number of benzene rings is 3. The third-order valence-electron chi connectivity index (χ3n) is 5.76. The molecule has 0 radical (unpaired) electrons. The normalized spacial score (nSPS) is 12.7. The van der Waals surface area contributed by atoms with Crippen LogP contribution in [0.15, 0.2) is 88.6 Å². The SMILES string of the molecule is Cc1ccc(-n2c(N)c3c(cc2=O)C(=O)NC3=O)cc1S(=O)(=O)Nc1ccc(Oc2ccccc2)cc1. The van der Waals surface area contributed by atoms with Crippen LogP contribution >= 0.6 is 0 Å². The van der Waals surface area contributed by atoms with Crippen LogP contribution in [0.1, 0.15) is 26.3 Å². The van der Waals surface area contributed by atoms with Crippen LogP contribution in [0.2, 0.25) is 0 Å². The number of anilines is 2. The van der Waals surface area contributed by atoms with E-state index in [4.69, 9.17) is 10.5 Å². The first-order chi connectivity index (χ1) is 17.6. The molecule has 3 aromatic carbocycles. The van der Waals surface area contributed by atoms with E-state index in [9.17, 15) is 22.8 Å². The monoisotopic (exact) mass is 516 g/mol.